The lowest BCUT2D eigenvalue weighted by Gasteiger charge is -2.12. The minimum Gasteiger partial charge on any atom is -0.507 e. The van der Waals surface area contributed by atoms with Crippen LogP contribution in [0.4, 0.5) is 5.69 Å². The number of phenols is 1. The van der Waals surface area contributed by atoms with Crippen LogP contribution in [0.5, 0.6) is 5.75 Å². The number of phenolic OH excluding ortho intramolecular Hbond substituents is 1. The molecule has 0 saturated heterocycles. The number of aliphatic hydroxyl groups is 1. The number of nitrogens with two attached hydrogens (primary N) is 1. The summed E-state index contributed by atoms with van der Waals surface area (Å²) < 4.78 is 0. The predicted molar refractivity (Wildman–Crippen MR) is 53.5 cm³/mol. The molecule has 6 heteroatoms. The molecule has 0 aliphatic heterocycles. The maximum absolute atomic E-state index is 10.5. The predicted octanol–water partition coefficient (Wildman–Crippen LogP) is 0.601. The standard InChI is InChI=1S/C9H12N2O4/c1-5-2-6(11(14)15)3-7(9(5)13)8(10)4-12/h2-3,8,12-13H,4,10H2,1H3/t8-/m0/s1. The highest BCUT2D eigenvalue weighted by Crippen LogP contribution is 2.30. The summed E-state index contributed by atoms with van der Waals surface area (Å²) in [6.07, 6.45) is 0. The van der Waals surface area contributed by atoms with Gasteiger partial charge in [0.15, 0.2) is 0 Å². The van der Waals surface area contributed by atoms with Crippen molar-refractivity contribution in [3.63, 3.8) is 0 Å². The fourth-order valence-electron chi connectivity index (χ4n) is 1.27. The van der Waals surface area contributed by atoms with E-state index in [9.17, 15) is 15.2 Å². The number of aliphatic hydroxyl groups excluding tert-OH is 1. The lowest BCUT2D eigenvalue weighted by molar-refractivity contribution is -0.385. The Bertz CT molecular complexity index is 392. The highest BCUT2D eigenvalue weighted by atomic mass is 16.6. The molecule has 0 aromatic heterocycles. The normalized spacial score (nSPS) is 12.5. The van der Waals surface area contributed by atoms with E-state index < -0.39 is 11.0 Å². The number of nitrogens with zero attached hydrogens (tertiary/aromatic N) is 1. The van der Waals surface area contributed by atoms with Crippen LogP contribution in [0, 0.1) is 17.0 Å². The quantitative estimate of drug-likeness (QED) is 0.502. The third-order valence-corrected chi connectivity index (χ3v) is 2.12. The van der Waals surface area contributed by atoms with Crippen molar-refractivity contribution in [2.45, 2.75) is 13.0 Å². The zero-order valence-corrected chi connectivity index (χ0v) is 8.17. The molecule has 0 radical (unpaired) electrons. The van der Waals surface area contributed by atoms with E-state index in [1.807, 2.05) is 0 Å². The van der Waals surface area contributed by atoms with E-state index in [4.69, 9.17) is 10.8 Å². The van der Waals surface area contributed by atoms with Gasteiger partial charge in [0.1, 0.15) is 5.75 Å². The first-order chi connectivity index (χ1) is 6.97. The summed E-state index contributed by atoms with van der Waals surface area (Å²) in [4.78, 5) is 9.98. The molecule has 1 aromatic carbocycles. The van der Waals surface area contributed by atoms with Crippen LogP contribution in [0.25, 0.3) is 0 Å². The molecule has 0 fully saturated rings. The Hall–Kier alpha value is -1.66. The van der Waals surface area contributed by atoms with Crippen LogP contribution in [-0.2, 0) is 0 Å². The van der Waals surface area contributed by atoms with Gasteiger partial charge in [-0.05, 0) is 12.5 Å². The van der Waals surface area contributed by atoms with Crippen molar-refractivity contribution >= 4 is 5.69 Å². The molecule has 1 atom stereocenters. The van der Waals surface area contributed by atoms with Crippen LogP contribution in [0.2, 0.25) is 0 Å². The van der Waals surface area contributed by atoms with Gasteiger partial charge in [0.2, 0.25) is 0 Å². The maximum Gasteiger partial charge on any atom is 0.270 e. The number of benzene rings is 1. The van der Waals surface area contributed by atoms with E-state index >= 15 is 0 Å². The van der Waals surface area contributed by atoms with Crippen LogP contribution in [0.1, 0.15) is 17.2 Å². The maximum atomic E-state index is 10.5. The summed E-state index contributed by atoms with van der Waals surface area (Å²) in [6.45, 7) is 1.16. The fourth-order valence-corrected chi connectivity index (χ4v) is 1.27. The molecule has 0 aliphatic rings. The van der Waals surface area contributed by atoms with Gasteiger partial charge in [0, 0.05) is 17.7 Å². The number of nitro groups is 1. The Kier molecular flexibility index (Phi) is 3.23. The van der Waals surface area contributed by atoms with Crippen molar-refractivity contribution in [1.29, 1.82) is 0 Å². The molecule has 0 amide bonds. The first kappa shape index (κ1) is 11.4. The van der Waals surface area contributed by atoms with Crippen LogP contribution in [0.15, 0.2) is 12.1 Å². The Balaban J connectivity index is 3.31. The zero-order valence-electron chi connectivity index (χ0n) is 8.17. The smallest absolute Gasteiger partial charge is 0.270 e. The van der Waals surface area contributed by atoms with Gasteiger partial charge in [-0.3, -0.25) is 10.1 Å². The number of hydrogen-bond acceptors (Lipinski definition) is 5. The number of nitro benzene ring substituents is 1. The van der Waals surface area contributed by atoms with Crippen molar-refractivity contribution < 1.29 is 15.1 Å². The summed E-state index contributed by atoms with van der Waals surface area (Å²) >= 11 is 0. The van der Waals surface area contributed by atoms with Gasteiger partial charge in [-0.25, -0.2) is 0 Å². The molecule has 0 aliphatic carbocycles. The van der Waals surface area contributed by atoms with Gasteiger partial charge in [0.25, 0.3) is 5.69 Å². The Morgan fingerprint density at radius 3 is 2.67 bits per heavy atom. The number of rotatable bonds is 3. The third-order valence-electron chi connectivity index (χ3n) is 2.12. The van der Waals surface area contributed by atoms with Crippen molar-refractivity contribution in [2.75, 3.05) is 6.61 Å². The van der Waals surface area contributed by atoms with E-state index in [-0.39, 0.29) is 23.6 Å². The van der Waals surface area contributed by atoms with Crippen LogP contribution in [-0.4, -0.2) is 21.7 Å². The molecule has 15 heavy (non-hydrogen) atoms. The second-order valence-electron chi connectivity index (χ2n) is 3.25. The highest BCUT2D eigenvalue weighted by Gasteiger charge is 2.17. The first-order valence-electron chi connectivity index (χ1n) is 4.31. The average molecular weight is 212 g/mol. The molecule has 82 valence electrons. The van der Waals surface area contributed by atoms with E-state index in [0.29, 0.717) is 5.56 Å². The fraction of sp³-hybridized carbons (Fsp3) is 0.333. The van der Waals surface area contributed by atoms with Gasteiger partial charge in [-0.1, -0.05) is 0 Å². The third kappa shape index (κ3) is 2.23. The van der Waals surface area contributed by atoms with Crippen molar-refractivity contribution in [1.82, 2.24) is 0 Å². The summed E-state index contributed by atoms with van der Waals surface area (Å²) in [5.41, 5.74) is 5.90. The van der Waals surface area contributed by atoms with E-state index in [1.165, 1.54) is 19.1 Å². The lowest BCUT2D eigenvalue weighted by Crippen LogP contribution is -2.15. The van der Waals surface area contributed by atoms with Gasteiger partial charge in [-0.15, -0.1) is 0 Å². The molecule has 1 rings (SSSR count). The average Bonchev–Trinajstić information content (AvgIpc) is 2.20. The molecule has 4 N–H and O–H groups in total. The topological polar surface area (TPSA) is 110 Å². The molecule has 0 spiro atoms. The Morgan fingerprint density at radius 2 is 2.20 bits per heavy atom. The minimum absolute atomic E-state index is 0.109. The monoisotopic (exact) mass is 212 g/mol. The second kappa shape index (κ2) is 4.24. The van der Waals surface area contributed by atoms with E-state index in [0.717, 1.165) is 0 Å². The van der Waals surface area contributed by atoms with Crippen molar-refractivity contribution in [2.24, 2.45) is 5.73 Å². The van der Waals surface area contributed by atoms with Crippen LogP contribution < -0.4 is 5.73 Å². The summed E-state index contributed by atoms with van der Waals surface area (Å²) in [5.74, 6) is -0.109. The number of hydrogen-bond donors (Lipinski definition) is 3. The molecule has 0 unspecified atom stereocenters. The molecular formula is C9H12N2O4. The Labute approximate surface area is 86.1 Å². The second-order valence-corrected chi connectivity index (χ2v) is 3.25. The molecule has 0 saturated carbocycles. The van der Waals surface area contributed by atoms with Crippen LogP contribution >= 0.6 is 0 Å². The number of aryl methyl sites for hydroxylation is 1. The van der Waals surface area contributed by atoms with Crippen molar-refractivity contribution in [3.05, 3.63) is 33.4 Å². The molecule has 0 bridgehead atoms. The van der Waals surface area contributed by atoms with Gasteiger partial charge < -0.3 is 15.9 Å². The van der Waals surface area contributed by atoms with Crippen LogP contribution in [0.3, 0.4) is 0 Å². The largest absolute Gasteiger partial charge is 0.507 e. The van der Waals surface area contributed by atoms with Gasteiger partial charge in [0.05, 0.1) is 17.6 Å². The molecule has 1 aromatic rings. The van der Waals surface area contributed by atoms with E-state index in [2.05, 4.69) is 0 Å². The Morgan fingerprint density at radius 1 is 1.60 bits per heavy atom. The van der Waals surface area contributed by atoms with Crippen molar-refractivity contribution in [3.8, 4) is 5.75 Å². The molecular weight excluding hydrogens is 200 g/mol. The summed E-state index contributed by atoms with van der Waals surface area (Å²) in [6, 6.07) is 1.61. The zero-order chi connectivity index (χ0) is 11.6. The van der Waals surface area contributed by atoms with E-state index in [1.54, 1.807) is 0 Å². The molecule has 6 nitrogen and oxygen atoms in total. The highest BCUT2D eigenvalue weighted by molar-refractivity contribution is 5.50. The van der Waals surface area contributed by atoms with Gasteiger partial charge >= 0.3 is 0 Å². The summed E-state index contributed by atoms with van der Waals surface area (Å²) in [7, 11) is 0. The lowest BCUT2D eigenvalue weighted by atomic mass is 10.0. The summed E-state index contributed by atoms with van der Waals surface area (Å²) in [5, 5.41) is 29.0. The van der Waals surface area contributed by atoms with Gasteiger partial charge in [-0.2, -0.15) is 0 Å². The molecule has 0 heterocycles. The SMILES string of the molecule is Cc1cc([N+](=O)[O-])cc([C@@H](N)CO)c1O. The number of non-ortho nitro benzene ring substituents is 1. The first-order valence-corrected chi connectivity index (χ1v) is 4.31. The minimum atomic E-state index is -0.816. The number of aromatic hydroxyl groups is 1.